The molecule has 0 aliphatic carbocycles. The molecular weight excluding hydrogens is 389 g/mol. The number of carbonyl (C=O) groups excluding carboxylic acids is 1. The molecule has 0 spiro atoms. The van der Waals surface area contributed by atoms with E-state index in [4.69, 9.17) is 9.47 Å². The molecule has 0 bridgehead atoms. The number of rotatable bonds is 2. The highest BCUT2D eigenvalue weighted by atomic mass is 19.4. The van der Waals surface area contributed by atoms with Gasteiger partial charge in [0.25, 0.3) is 5.91 Å². The molecule has 3 heterocycles. The summed E-state index contributed by atoms with van der Waals surface area (Å²) in [5.41, 5.74) is 2.88. The van der Waals surface area contributed by atoms with Gasteiger partial charge in [-0.3, -0.25) is 4.79 Å². The Morgan fingerprint density at radius 3 is 2.62 bits per heavy atom. The third-order valence-corrected chi connectivity index (χ3v) is 4.84. The Morgan fingerprint density at radius 2 is 1.86 bits per heavy atom. The molecule has 6 nitrogen and oxygen atoms in total. The quantitative estimate of drug-likeness (QED) is 0.706. The normalized spacial score (nSPS) is 15.2. The molecule has 29 heavy (non-hydrogen) atoms. The summed E-state index contributed by atoms with van der Waals surface area (Å²) in [5, 5.41) is 3.43. The summed E-state index contributed by atoms with van der Waals surface area (Å²) in [6, 6.07) is 8.98. The molecule has 0 saturated heterocycles. The van der Waals surface area contributed by atoms with Gasteiger partial charge in [0.15, 0.2) is 11.5 Å². The second-order valence-corrected chi connectivity index (χ2v) is 6.59. The number of amides is 1. The lowest BCUT2D eigenvalue weighted by Gasteiger charge is -2.22. The number of hydrogen-bond acceptors (Lipinski definition) is 5. The summed E-state index contributed by atoms with van der Waals surface area (Å²) in [6.45, 7) is 0.498. The molecule has 0 fully saturated rings. The summed E-state index contributed by atoms with van der Waals surface area (Å²) >= 11 is 0. The molecule has 0 saturated carbocycles. The zero-order valence-corrected chi connectivity index (χ0v) is 14.8. The minimum absolute atomic E-state index is 0.0593. The van der Waals surface area contributed by atoms with Crippen LogP contribution in [-0.4, -0.2) is 30.6 Å². The predicted molar refractivity (Wildman–Crippen MR) is 96.0 cm³/mol. The number of nitrogens with zero attached hydrogens (tertiary/aromatic N) is 1. The van der Waals surface area contributed by atoms with Gasteiger partial charge < -0.3 is 19.5 Å². The Labute approximate surface area is 162 Å². The van der Waals surface area contributed by atoms with Crippen LogP contribution in [0.5, 0.6) is 17.2 Å². The van der Waals surface area contributed by atoms with Gasteiger partial charge in [-0.05, 0) is 41.8 Å². The SMILES string of the molecule is O=C1NCCc2c1nc1ccc3c(c1c2-c1ccc(OC(F)(F)F)cc1)OCO3. The molecule has 5 rings (SSSR count). The van der Waals surface area contributed by atoms with Crippen molar-refractivity contribution in [2.75, 3.05) is 13.3 Å². The number of pyridine rings is 1. The number of ether oxygens (including phenoxy) is 3. The first-order valence-electron chi connectivity index (χ1n) is 8.80. The highest BCUT2D eigenvalue weighted by Gasteiger charge is 2.32. The van der Waals surface area contributed by atoms with Crippen molar-refractivity contribution in [1.82, 2.24) is 10.3 Å². The smallest absolute Gasteiger partial charge is 0.454 e. The predicted octanol–water partition coefficient (Wildman–Crippen LogP) is 3.82. The Hall–Kier alpha value is -3.49. The van der Waals surface area contributed by atoms with Crippen LogP contribution in [0.25, 0.3) is 22.0 Å². The molecule has 9 heteroatoms. The Bertz CT molecular complexity index is 1140. The number of aromatic nitrogens is 1. The van der Waals surface area contributed by atoms with Gasteiger partial charge >= 0.3 is 6.36 Å². The molecule has 0 radical (unpaired) electrons. The summed E-state index contributed by atoms with van der Waals surface area (Å²) in [5.74, 6) is 0.451. The Morgan fingerprint density at radius 1 is 1.07 bits per heavy atom. The largest absolute Gasteiger partial charge is 0.573 e. The first-order chi connectivity index (χ1) is 13.9. The lowest BCUT2D eigenvalue weighted by Crippen LogP contribution is -2.33. The van der Waals surface area contributed by atoms with E-state index in [-0.39, 0.29) is 18.4 Å². The fourth-order valence-corrected chi connectivity index (χ4v) is 3.71. The van der Waals surface area contributed by atoms with Crippen molar-refractivity contribution >= 4 is 16.8 Å². The summed E-state index contributed by atoms with van der Waals surface area (Å²) in [4.78, 5) is 16.9. The number of halogens is 3. The van der Waals surface area contributed by atoms with Crippen LogP contribution in [-0.2, 0) is 6.42 Å². The minimum atomic E-state index is -4.77. The van der Waals surface area contributed by atoms with Crippen LogP contribution < -0.4 is 19.5 Å². The number of benzene rings is 2. The summed E-state index contributed by atoms with van der Waals surface area (Å²) < 4.78 is 52.5. The second-order valence-electron chi connectivity index (χ2n) is 6.59. The van der Waals surface area contributed by atoms with Crippen LogP contribution in [0.4, 0.5) is 13.2 Å². The van der Waals surface area contributed by atoms with Crippen molar-refractivity contribution in [3.63, 3.8) is 0 Å². The zero-order chi connectivity index (χ0) is 20.2. The van der Waals surface area contributed by atoms with Gasteiger partial charge in [-0.15, -0.1) is 13.2 Å². The van der Waals surface area contributed by atoms with Gasteiger partial charge in [-0.2, -0.15) is 0 Å². The van der Waals surface area contributed by atoms with Crippen LogP contribution in [0.1, 0.15) is 16.1 Å². The standard InChI is InChI=1S/C20H13F3N2O4/c21-20(22,23)29-11-3-1-10(2-4-11)15-12-7-8-24-19(26)17(12)25-13-5-6-14-18(16(13)15)28-9-27-14/h1-6H,7-9H2,(H,24,26). The monoisotopic (exact) mass is 402 g/mol. The summed E-state index contributed by atoms with van der Waals surface area (Å²) in [7, 11) is 0. The average molecular weight is 402 g/mol. The molecule has 2 aliphatic rings. The minimum Gasteiger partial charge on any atom is -0.454 e. The van der Waals surface area contributed by atoms with Crippen LogP contribution in [0.15, 0.2) is 36.4 Å². The third kappa shape index (κ3) is 2.98. The van der Waals surface area contributed by atoms with E-state index in [0.29, 0.717) is 52.2 Å². The van der Waals surface area contributed by atoms with Crippen molar-refractivity contribution in [2.24, 2.45) is 0 Å². The van der Waals surface area contributed by atoms with E-state index in [2.05, 4.69) is 15.0 Å². The number of nitrogens with one attached hydrogen (secondary N) is 1. The maximum atomic E-state index is 12.5. The molecule has 1 N–H and O–H groups in total. The van der Waals surface area contributed by atoms with Gasteiger partial charge in [0.1, 0.15) is 11.4 Å². The molecular formula is C20H13F3N2O4. The zero-order valence-electron chi connectivity index (χ0n) is 14.8. The highest BCUT2D eigenvalue weighted by molar-refractivity contribution is 6.07. The topological polar surface area (TPSA) is 69.7 Å². The van der Waals surface area contributed by atoms with E-state index in [1.807, 2.05) is 0 Å². The van der Waals surface area contributed by atoms with Crippen molar-refractivity contribution in [2.45, 2.75) is 12.8 Å². The highest BCUT2D eigenvalue weighted by Crippen LogP contribution is 2.45. The van der Waals surface area contributed by atoms with Gasteiger partial charge in [-0.1, -0.05) is 12.1 Å². The Kier molecular flexibility index (Phi) is 3.80. The van der Waals surface area contributed by atoms with Crippen LogP contribution in [0.2, 0.25) is 0 Å². The van der Waals surface area contributed by atoms with Crippen LogP contribution in [0.3, 0.4) is 0 Å². The molecule has 2 aliphatic heterocycles. The molecule has 1 aromatic heterocycles. The van der Waals surface area contributed by atoms with E-state index < -0.39 is 6.36 Å². The van der Waals surface area contributed by atoms with Crippen molar-refractivity contribution in [3.8, 4) is 28.4 Å². The van der Waals surface area contributed by atoms with Crippen LogP contribution in [0, 0.1) is 0 Å². The first-order valence-corrected chi connectivity index (χ1v) is 8.80. The van der Waals surface area contributed by atoms with E-state index in [1.54, 1.807) is 12.1 Å². The van der Waals surface area contributed by atoms with Crippen molar-refractivity contribution < 1.29 is 32.2 Å². The lowest BCUT2D eigenvalue weighted by atomic mass is 9.90. The maximum absolute atomic E-state index is 12.5. The van der Waals surface area contributed by atoms with E-state index in [0.717, 1.165) is 5.56 Å². The molecule has 148 valence electrons. The van der Waals surface area contributed by atoms with Crippen molar-refractivity contribution in [1.29, 1.82) is 0 Å². The maximum Gasteiger partial charge on any atom is 0.573 e. The van der Waals surface area contributed by atoms with E-state index in [1.165, 1.54) is 24.3 Å². The second kappa shape index (κ2) is 6.26. The average Bonchev–Trinajstić information content (AvgIpc) is 3.15. The number of hydrogen-bond donors (Lipinski definition) is 1. The third-order valence-electron chi connectivity index (χ3n) is 4.84. The molecule has 0 unspecified atom stereocenters. The fraction of sp³-hybridized carbons (Fsp3) is 0.200. The molecule has 0 atom stereocenters. The van der Waals surface area contributed by atoms with Crippen LogP contribution >= 0.6 is 0 Å². The number of carbonyl (C=O) groups is 1. The molecule has 1 amide bonds. The summed E-state index contributed by atoms with van der Waals surface area (Å²) in [6.07, 6.45) is -4.24. The van der Waals surface area contributed by atoms with E-state index in [9.17, 15) is 18.0 Å². The Balaban J connectivity index is 1.75. The molecule has 3 aromatic rings. The van der Waals surface area contributed by atoms with Gasteiger partial charge in [0, 0.05) is 12.1 Å². The van der Waals surface area contributed by atoms with Crippen molar-refractivity contribution in [3.05, 3.63) is 47.7 Å². The van der Waals surface area contributed by atoms with E-state index >= 15 is 0 Å². The van der Waals surface area contributed by atoms with Gasteiger partial charge in [-0.25, -0.2) is 4.98 Å². The lowest BCUT2D eigenvalue weighted by molar-refractivity contribution is -0.274. The van der Waals surface area contributed by atoms with Gasteiger partial charge in [0.05, 0.1) is 10.9 Å². The first kappa shape index (κ1) is 17.6. The molecule has 2 aromatic carbocycles. The fourth-order valence-electron chi connectivity index (χ4n) is 3.71. The number of fused-ring (bicyclic) bond motifs is 4. The number of alkyl halides is 3. The van der Waals surface area contributed by atoms with Gasteiger partial charge in [0.2, 0.25) is 6.79 Å².